The van der Waals surface area contributed by atoms with Gasteiger partial charge in [0.15, 0.2) is 0 Å². The summed E-state index contributed by atoms with van der Waals surface area (Å²) in [6.45, 7) is 12.6. The van der Waals surface area contributed by atoms with Crippen molar-refractivity contribution in [1.29, 1.82) is 0 Å². The minimum atomic E-state index is -0.265. The van der Waals surface area contributed by atoms with Gasteiger partial charge in [0.1, 0.15) is 12.4 Å². The number of unbranched alkanes of at least 4 members (excludes halogenated alkanes) is 2. The molecule has 0 saturated carbocycles. The molecule has 43 heavy (non-hydrogen) atoms. The highest BCUT2D eigenvalue weighted by Crippen LogP contribution is 2.22. The van der Waals surface area contributed by atoms with Crippen LogP contribution in [0.2, 0.25) is 0 Å². The van der Waals surface area contributed by atoms with E-state index >= 15 is 0 Å². The van der Waals surface area contributed by atoms with Crippen molar-refractivity contribution >= 4 is 5.69 Å². The van der Waals surface area contributed by atoms with Crippen LogP contribution in [0, 0.1) is 11.8 Å². The molecule has 0 saturated heterocycles. The number of hydrogen-bond acceptors (Lipinski definition) is 9. The second-order valence-corrected chi connectivity index (χ2v) is 11.3. The third-order valence-electron chi connectivity index (χ3n) is 7.70. The molecule has 0 aromatic heterocycles. The molecule has 1 aromatic carbocycles. The number of nitrogens with zero attached hydrogens (tertiary/aromatic N) is 1. The molecule has 4 unspecified atom stereocenters. The van der Waals surface area contributed by atoms with Gasteiger partial charge in [-0.2, -0.15) is 0 Å². The van der Waals surface area contributed by atoms with Gasteiger partial charge in [0.2, 0.25) is 0 Å². The van der Waals surface area contributed by atoms with Gasteiger partial charge >= 0.3 is 0 Å². The van der Waals surface area contributed by atoms with Crippen molar-refractivity contribution in [2.75, 3.05) is 84.1 Å². The van der Waals surface area contributed by atoms with E-state index in [0.717, 1.165) is 31.4 Å². The molecule has 0 aliphatic rings. The maximum absolute atomic E-state index is 9.50. The number of ether oxygens (including phenoxy) is 5. The van der Waals surface area contributed by atoms with E-state index < -0.39 is 0 Å². The first-order valence-electron chi connectivity index (χ1n) is 16.7. The predicted molar refractivity (Wildman–Crippen MR) is 173 cm³/mol. The average molecular weight is 614 g/mol. The zero-order chi connectivity index (χ0) is 31.5. The van der Waals surface area contributed by atoms with Gasteiger partial charge in [-0.15, -0.1) is 0 Å². The quantitative estimate of drug-likeness (QED) is 0.109. The summed E-state index contributed by atoms with van der Waals surface area (Å²) in [6.07, 6.45) is 8.72. The van der Waals surface area contributed by atoms with Crippen molar-refractivity contribution in [1.82, 2.24) is 0 Å². The first-order valence-corrected chi connectivity index (χ1v) is 16.7. The summed E-state index contributed by atoms with van der Waals surface area (Å²) >= 11 is 0. The number of hydrogen-bond donors (Lipinski definition) is 3. The standard InChI is InChI=1S/C34H63NO8/c1-5-9-11-29(7-3)25-39-27-33(42-21-18-37)23-35(31-13-15-32(16-14-31)41-20-17-36)24-34(43-22-19-38)28-40-26-30(8-4)12-10-6-2/h13-16,29-30,33-34,36-38H,5-12,17-28H2,1-4H3. The number of anilines is 1. The van der Waals surface area contributed by atoms with Crippen molar-refractivity contribution in [3.8, 4) is 5.75 Å². The average Bonchev–Trinajstić information content (AvgIpc) is 3.03. The van der Waals surface area contributed by atoms with Gasteiger partial charge in [-0.05, 0) is 48.9 Å². The number of aliphatic hydroxyl groups excluding tert-OH is 3. The maximum Gasteiger partial charge on any atom is 0.119 e. The first-order chi connectivity index (χ1) is 21.0. The Morgan fingerprint density at radius 1 is 0.628 bits per heavy atom. The normalized spacial score (nSPS) is 14.4. The number of aliphatic hydroxyl groups is 3. The van der Waals surface area contributed by atoms with Gasteiger partial charge in [-0.25, -0.2) is 0 Å². The van der Waals surface area contributed by atoms with Crippen molar-refractivity contribution in [2.24, 2.45) is 11.8 Å². The van der Waals surface area contributed by atoms with E-state index in [1.165, 1.54) is 25.7 Å². The van der Waals surface area contributed by atoms with Crippen LogP contribution in [0.4, 0.5) is 5.69 Å². The lowest BCUT2D eigenvalue weighted by Gasteiger charge is -2.33. The molecule has 4 atom stereocenters. The lowest BCUT2D eigenvalue weighted by molar-refractivity contribution is -0.0407. The fourth-order valence-electron chi connectivity index (χ4n) is 4.97. The highest BCUT2D eigenvalue weighted by atomic mass is 16.5. The Labute approximate surface area is 261 Å². The fraction of sp³-hybridized carbons (Fsp3) is 0.824. The smallest absolute Gasteiger partial charge is 0.119 e. The summed E-state index contributed by atoms with van der Waals surface area (Å²) in [4.78, 5) is 2.19. The van der Waals surface area contributed by atoms with Crippen molar-refractivity contribution in [2.45, 2.75) is 91.3 Å². The summed E-state index contributed by atoms with van der Waals surface area (Å²) < 4.78 is 30.1. The van der Waals surface area contributed by atoms with Crippen molar-refractivity contribution in [3.63, 3.8) is 0 Å². The second-order valence-electron chi connectivity index (χ2n) is 11.3. The van der Waals surface area contributed by atoms with Crippen LogP contribution in [0.1, 0.15) is 79.1 Å². The second kappa shape index (κ2) is 26.9. The molecule has 0 fully saturated rings. The van der Waals surface area contributed by atoms with Gasteiger partial charge in [-0.3, -0.25) is 0 Å². The molecule has 0 bridgehead atoms. The van der Waals surface area contributed by atoms with Crippen LogP contribution in [-0.2, 0) is 18.9 Å². The van der Waals surface area contributed by atoms with Crippen LogP contribution in [0.15, 0.2) is 24.3 Å². The topological polar surface area (TPSA) is 110 Å². The molecule has 252 valence electrons. The van der Waals surface area contributed by atoms with E-state index in [0.29, 0.717) is 57.1 Å². The van der Waals surface area contributed by atoms with E-state index in [4.69, 9.17) is 28.8 Å². The molecular formula is C34H63NO8. The third-order valence-corrected chi connectivity index (χ3v) is 7.70. The Hall–Kier alpha value is -1.46. The molecule has 0 spiro atoms. The Morgan fingerprint density at radius 3 is 1.49 bits per heavy atom. The Kier molecular flexibility index (Phi) is 24.8. The summed E-state index contributed by atoms with van der Waals surface area (Å²) in [5.74, 6) is 1.73. The lowest BCUT2D eigenvalue weighted by atomic mass is 10.0. The zero-order valence-electron chi connectivity index (χ0n) is 27.6. The molecule has 1 aromatic rings. The molecule has 0 aliphatic carbocycles. The van der Waals surface area contributed by atoms with E-state index in [9.17, 15) is 10.2 Å². The molecule has 9 nitrogen and oxygen atoms in total. The largest absolute Gasteiger partial charge is 0.491 e. The van der Waals surface area contributed by atoms with Gasteiger partial charge in [0.05, 0.1) is 58.5 Å². The Balaban J connectivity index is 3.06. The van der Waals surface area contributed by atoms with Gasteiger partial charge in [0.25, 0.3) is 0 Å². The Bertz CT molecular complexity index is 702. The van der Waals surface area contributed by atoms with Crippen LogP contribution in [0.25, 0.3) is 0 Å². The van der Waals surface area contributed by atoms with E-state index in [1.54, 1.807) is 0 Å². The molecular weight excluding hydrogens is 550 g/mol. The molecule has 0 radical (unpaired) electrons. The van der Waals surface area contributed by atoms with E-state index in [-0.39, 0.29) is 51.8 Å². The summed E-state index contributed by atoms with van der Waals surface area (Å²) in [7, 11) is 0. The van der Waals surface area contributed by atoms with Crippen LogP contribution in [0.3, 0.4) is 0 Å². The monoisotopic (exact) mass is 613 g/mol. The highest BCUT2D eigenvalue weighted by molar-refractivity contribution is 5.49. The van der Waals surface area contributed by atoms with Crippen molar-refractivity contribution in [3.05, 3.63) is 24.3 Å². The zero-order valence-corrected chi connectivity index (χ0v) is 27.6. The van der Waals surface area contributed by atoms with Crippen LogP contribution < -0.4 is 9.64 Å². The molecule has 0 amide bonds. The minimum absolute atomic E-state index is 0.0453. The summed E-state index contributed by atoms with van der Waals surface area (Å²) in [6, 6.07) is 7.74. The molecule has 3 N–H and O–H groups in total. The van der Waals surface area contributed by atoms with Gasteiger partial charge in [0, 0.05) is 32.0 Å². The maximum atomic E-state index is 9.50. The molecule has 9 heteroatoms. The molecule has 1 rings (SSSR count). The van der Waals surface area contributed by atoms with E-state index in [1.807, 2.05) is 24.3 Å². The number of rotatable bonds is 30. The SMILES string of the molecule is CCCCC(CC)COCC(CN(CC(COCC(CC)CCCC)OCCO)c1ccc(OCCO)cc1)OCCO. The summed E-state index contributed by atoms with van der Waals surface area (Å²) in [5.41, 5.74) is 0.954. The minimum Gasteiger partial charge on any atom is -0.491 e. The number of benzene rings is 1. The van der Waals surface area contributed by atoms with Gasteiger partial charge in [-0.1, -0.05) is 66.2 Å². The lowest BCUT2D eigenvalue weighted by Crippen LogP contribution is -2.43. The van der Waals surface area contributed by atoms with Crippen molar-refractivity contribution < 1.29 is 39.0 Å². The molecule has 0 aliphatic heterocycles. The van der Waals surface area contributed by atoms with Crippen LogP contribution >= 0.6 is 0 Å². The van der Waals surface area contributed by atoms with E-state index in [2.05, 4.69) is 32.6 Å². The molecule has 0 heterocycles. The highest BCUT2D eigenvalue weighted by Gasteiger charge is 2.22. The third kappa shape index (κ3) is 18.8. The fourth-order valence-corrected chi connectivity index (χ4v) is 4.97. The van der Waals surface area contributed by atoms with Gasteiger partial charge < -0.3 is 43.9 Å². The van der Waals surface area contributed by atoms with Crippen LogP contribution in [0.5, 0.6) is 5.75 Å². The first kappa shape index (κ1) is 39.6. The predicted octanol–water partition coefficient (Wildman–Crippen LogP) is 5.09. The van der Waals surface area contributed by atoms with Crippen LogP contribution in [-0.4, -0.2) is 107 Å². The Morgan fingerprint density at radius 2 is 1.09 bits per heavy atom. The summed E-state index contributed by atoms with van der Waals surface area (Å²) in [5, 5.41) is 28.1.